The highest BCUT2D eigenvalue weighted by Gasteiger charge is 2.37. The smallest absolute Gasteiger partial charge is 0.408 e. The van der Waals surface area contributed by atoms with Gasteiger partial charge in [0.05, 0.1) is 39.2 Å². The fraction of sp³-hybridized carbons (Fsp3) is 0.400. The number of alkyl halides is 1. The van der Waals surface area contributed by atoms with Crippen LogP contribution in [-0.4, -0.2) is 151 Å². The van der Waals surface area contributed by atoms with Crippen LogP contribution in [0.25, 0.3) is 21.7 Å². The molecule has 1 aliphatic heterocycles. The third kappa shape index (κ3) is 17.2. The van der Waals surface area contributed by atoms with Crippen LogP contribution in [0.2, 0.25) is 0 Å². The van der Waals surface area contributed by atoms with E-state index in [1.807, 2.05) is 67.5 Å². The number of H-pyrrole nitrogens is 1. The first kappa shape index (κ1) is 62.5. The van der Waals surface area contributed by atoms with Crippen LogP contribution >= 0.6 is 11.6 Å². The fourth-order valence-corrected chi connectivity index (χ4v) is 9.68. The van der Waals surface area contributed by atoms with Gasteiger partial charge in [0.25, 0.3) is 11.8 Å². The van der Waals surface area contributed by atoms with Crippen molar-refractivity contribution in [2.24, 2.45) is 17.4 Å². The quantitative estimate of drug-likeness (QED) is 0.0175. The molecule has 4 atom stereocenters. The minimum absolute atomic E-state index is 0.0175. The zero-order valence-electron chi connectivity index (χ0n) is 47.4. The zero-order valence-corrected chi connectivity index (χ0v) is 48.2. The molecule has 1 aliphatic rings. The van der Waals surface area contributed by atoms with Gasteiger partial charge in [0.1, 0.15) is 36.7 Å². The summed E-state index contributed by atoms with van der Waals surface area (Å²) in [7, 11) is 5.48. The topological polar surface area (TPSA) is 292 Å². The number of alkyl carbamates (subject to hydrolysis) is 1. The van der Waals surface area contributed by atoms with Gasteiger partial charge >= 0.3 is 12.1 Å². The number of aromatic nitrogens is 1. The van der Waals surface area contributed by atoms with Crippen LogP contribution < -0.4 is 57.2 Å². The van der Waals surface area contributed by atoms with Gasteiger partial charge in [-0.2, -0.15) is 0 Å². The fourth-order valence-electron chi connectivity index (χ4n) is 9.43. The van der Waals surface area contributed by atoms with Gasteiger partial charge in [-0.1, -0.05) is 80.6 Å². The van der Waals surface area contributed by atoms with Crippen LogP contribution in [0.3, 0.4) is 0 Å². The van der Waals surface area contributed by atoms with Gasteiger partial charge < -0.3 is 81.3 Å². The molecule has 6 aromatic rings. The first-order valence-electron chi connectivity index (χ1n) is 27.5. The molecule has 83 heavy (non-hydrogen) atoms. The molecule has 0 aliphatic carbocycles. The lowest BCUT2D eigenvalue weighted by Crippen LogP contribution is -2.54. The van der Waals surface area contributed by atoms with Gasteiger partial charge in [-0.3, -0.25) is 19.2 Å². The number of ether oxygens (including phenoxy) is 6. The number of carbonyl (C=O) groups excluding carboxylic acids is 6. The van der Waals surface area contributed by atoms with E-state index in [0.29, 0.717) is 83.7 Å². The van der Waals surface area contributed by atoms with Crippen molar-refractivity contribution in [2.75, 3.05) is 103 Å². The number of hydrogen-bond donors (Lipinski definition) is 8. The standard InChI is InChI=1S/C60H75ClN10O12/c1-37(2)53(69-60(77)82-36-38-12-7-6-8-13-38)56(73)68-45(16-11-22-65-59(63)76)55(72)66-42-19-17-39(18-20-42)54(57(74)64-23-26-80-29-28-79-25-21-62)83-49-33-48-52(44-15-10-9-14-43(44)49)41(34-61)35-71(48)58(75)47-30-40-31-51(81-27-24-70(3)4)50(78-5)32-46(40)67-47/h6-10,12-15,17-20,30-33,37,41,45,53-54,67H,11,16,21-29,34-36,62H2,1-5H3,(H,64,74)(H,66,72)(H,68,73)(H,69,77)(H3,63,65,76). The number of fused-ring (bicyclic) bond motifs is 4. The van der Waals surface area contributed by atoms with Crippen LogP contribution in [0.15, 0.2) is 103 Å². The highest BCUT2D eigenvalue weighted by molar-refractivity contribution is 6.19. The van der Waals surface area contributed by atoms with Crippen molar-refractivity contribution in [1.82, 2.24) is 31.2 Å². The van der Waals surface area contributed by atoms with E-state index in [4.69, 9.17) is 51.5 Å². The molecule has 7 rings (SSSR count). The SMILES string of the molecule is COc1cc2[nH]c(C(=O)N3CC(CCl)c4c3cc(OC(C(=O)NCCOCCOCCN)c3ccc(NC(=O)C(CCCNC(N)=O)NC(=O)C(NC(=O)OCc5ccccc5)C(C)C)cc3)c3ccccc43)cc2cc1OCCN(C)C. The normalized spacial score (nSPS) is 13.9. The van der Waals surface area contributed by atoms with E-state index in [1.54, 1.807) is 80.5 Å². The molecule has 5 aromatic carbocycles. The maximum atomic E-state index is 14.8. The van der Waals surface area contributed by atoms with Crippen molar-refractivity contribution in [3.05, 3.63) is 126 Å². The molecule has 10 N–H and O–H groups in total. The average molecular weight is 1160 g/mol. The Morgan fingerprint density at radius 1 is 0.783 bits per heavy atom. The summed E-state index contributed by atoms with van der Waals surface area (Å²) in [6.07, 6.45) is -1.77. The molecule has 7 amide bonds. The molecule has 0 bridgehead atoms. The Morgan fingerprint density at radius 2 is 1.51 bits per heavy atom. The molecule has 1 aromatic heterocycles. The summed E-state index contributed by atoms with van der Waals surface area (Å²) in [6.45, 7) is 6.66. The number of benzene rings is 5. The van der Waals surface area contributed by atoms with Crippen LogP contribution in [0.4, 0.5) is 21.0 Å². The van der Waals surface area contributed by atoms with E-state index in [2.05, 4.69) is 31.6 Å². The molecular weight excluding hydrogens is 1090 g/mol. The summed E-state index contributed by atoms with van der Waals surface area (Å²) in [4.78, 5) is 88.5. The summed E-state index contributed by atoms with van der Waals surface area (Å²) >= 11 is 6.70. The Balaban J connectivity index is 1.15. The lowest BCUT2D eigenvalue weighted by molar-refractivity contribution is -0.128. The molecule has 0 saturated carbocycles. The lowest BCUT2D eigenvalue weighted by atomic mass is 9.95. The predicted molar refractivity (Wildman–Crippen MR) is 317 cm³/mol. The number of aromatic amines is 1. The van der Waals surface area contributed by atoms with Gasteiger partial charge in [0, 0.05) is 84.2 Å². The van der Waals surface area contributed by atoms with E-state index in [-0.39, 0.29) is 70.0 Å². The number of methoxy groups -OCH3 is 1. The van der Waals surface area contributed by atoms with Crippen molar-refractivity contribution in [1.29, 1.82) is 0 Å². The van der Waals surface area contributed by atoms with Gasteiger partial charge in [-0.15, -0.1) is 11.6 Å². The first-order chi connectivity index (χ1) is 40.1. The third-order valence-corrected chi connectivity index (χ3v) is 14.0. The highest BCUT2D eigenvalue weighted by Crippen LogP contribution is 2.47. The zero-order chi connectivity index (χ0) is 59.4. The molecule has 0 saturated heterocycles. The number of nitrogens with zero attached hydrogens (tertiary/aromatic N) is 2. The molecule has 444 valence electrons. The van der Waals surface area contributed by atoms with Gasteiger partial charge in [-0.05, 0) is 73.6 Å². The number of anilines is 2. The Kier molecular flexibility index (Phi) is 23.2. The second-order valence-electron chi connectivity index (χ2n) is 20.4. The lowest BCUT2D eigenvalue weighted by Gasteiger charge is -2.25. The summed E-state index contributed by atoms with van der Waals surface area (Å²) < 4.78 is 35.0. The third-order valence-electron chi connectivity index (χ3n) is 13.7. The van der Waals surface area contributed by atoms with E-state index in [9.17, 15) is 28.8 Å². The summed E-state index contributed by atoms with van der Waals surface area (Å²) in [5.41, 5.74) is 14.7. The van der Waals surface area contributed by atoms with E-state index in [0.717, 1.165) is 21.9 Å². The van der Waals surface area contributed by atoms with E-state index < -0.39 is 54.0 Å². The maximum absolute atomic E-state index is 14.8. The van der Waals surface area contributed by atoms with Crippen molar-refractivity contribution in [2.45, 2.75) is 57.4 Å². The van der Waals surface area contributed by atoms with Crippen LogP contribution in [-0.2, 0) is 35.2 Å². The van der Waals surface area contributed by atoms with Crippen molar-refractivity contribution < 1.29 is 57.2 Å². The molecule has 4 unspecified atom stereocenters. The van der Waals surface area contributed by atoms with Crippen LogP contribution in [0.1, 0.15) is 65.9 Å². The Morgan fingerprint density at radius 3 is 2.19 bits per heavy atom. The van der Waals surface area contributed by atoms with E-state index in [1.165, 1.54) is 0 Å². The van der Waals surface area contributed by atoms with Crippen LogP contribution in [0, 0.1) is 5.92 Å². The number of carbonyl (C=O) groups is 6. The predicted octanol–water partition coefficient (Wildman–Crippen LogP) is 6.30. The summed E-state index contributed by atoms with van der Waals surface area (Å²) in [6, 6.07) is 27.3. The van der Waals surface area contributed by atoms with E-state index >= 15 is 0 Å². The van der Waals surface area contributed by atoms with Crippen molar-refractivity contribution in [3.63, 3.8) is 0 Å². The second kappa shape index (κ2) is 30.8. The van der Waals surface area contributed by atoms with Crippen molar-refractivity contribution >= 4 is 80.4 Å². The number of halogens is 1. The number of primary amides is 1. The number of urea groups is 1. The number of nitrogens with one attached hydrogen (secondary N) is 6. The molecule has 2 heterocycles. The molecule has 0 fully saturated rings. The van der Waals surface area contributed by atoms with Gasteiger partial charge in [0.2, 0.25) is 17.9 Å². The second-order valence-corrected chi connectivity index (χ2v) is 20.7. The number of amides is 7. The monoisotopic (exact) mass is 1160 g/mol. The minimum Gasteiger partial charge on any atom is -0.493 e. The number of likely N-dealkylation sites (N-methyl/N-ethyl adjacent to an activating group) is 1. The molecule has 0 spiro atoms. The minimum atomic E-state index is -1.29. The number of nitrogens with two attached hydrogens (primary N) is 2. The maximum Gasteiger partial charge on any atom is 0.408 e. The highest BCUT2D eigenvalue weighted by atomic mass is 35.5. The van der Waals surface area contributed by atoms with Crippen molar-refractivity contribution in [3.8, 4) is 17.2 Å². The molecule has 22 nitrogen and oxygen atoms in total. The molecule has 0 radical (unpaired) electrons. The summed E-state index contributed by atoms with van der Waals surface area (Å²) in [5.74, 6) is -1.13. The van der Waals surface area contributed by atoms with Gasteiger partial charge in [-0.25, -0.2) is 9.59 Å². The number of hydrogen-bond acceptors (Lipinski definition) is 14. The average Bonchev–Trinajstić information content (AvgIpc) is 2.43. The Bertz CT molecular complexity index is 3160. The van der Waals surface area contributed by atoms with Gasteiger partial charge in [0.15, 0.2) is 11.5 Å². The largest absolute Gasteiger partial charge is 0.493 e. The van der Waals surface area contributed by atoms with Crippen LogP contribution in [0.5, 0.6) is 17.2 Å². The number of rotatable bonds is 31. The molecule has 23 heteroatoms. The first-order valence-corrected chi connectivity index (χ1v) is 28.1. The summed E-state index contributed by atoms with van der Waals surface area (Å²) in [5, 5.41) is 15.9. The Labute approximate surface area is 487 Å². The molecular formula is C60H75ClN10O12. The Hall–Kier alpha value is -8.15.